The van der Waals surface area contributed by atoms with E-state index >= 15 is 0 Å². The Labute approximate surface area is 118 Å². The monoisotopic (exact) mass is 282 g/mol. The molecule has 5 heteroatoms. The summed E-state index contributed by atoms with van der Waals surface area (Å²) in [6.45, 7) is 4.42. The molecule has 2 bridgehead atoms. The summed E-state index contributed by atoms with van der Waals surface area (Å²) < 4.78 is 11.8. The number of fused-ring (bicyclic) bond motifs is 2. The Morgan fingerprint density at radius 2 is 2.10 bits per heavy atom. The maximum absolute atomic E-state index is 10.7. The molecule has 7 atom stereocenters. The van der Waals surface area contributed by atoms with Crippen LogP contribution in [0.3, 0.4) is 0 Å². The van der Waals surface area contributed by atoms with Crippen molar-refractivity contribution in [2.75, 3.05) is 13.2 Å². The highest BCUT2D eigenvalue weighted by atomic mass is 16.6. The standard InChI is InChI=1S/C15H22O5/c1-8-3-4-14(6-16)9(5-8)20-12-10(17)11(18)13(14,2)15(12)7-19-15/h5,9-12,16-18H,3-4,6-7H2,1-2H3/t9-,10-,11-,12-,13-,14-,15-/m1/s1. The molecule has 3 N–H and O–H groups in total. The van der Waals surface area contributed by atoms with Gasteiger partial charge in [0.15, 0.2) is 0 Å². The Hall–Kier alpha value is -0.460. The third kappa shape index (κ3) is 1.12. The van der Waals surface area contributed by atoms with Gasteiger partial charge in [0.25, 0.3) is 0 Å². The molecule has 0 aromatic rings. The van der Waals surface area contributed by atoms with Crippen molar-refractivity contribution >= 4 is 0 Å². The number of aliphatic hydroxyl groups is 3. The molecule has 0 aromatic carbocycles. The van der Waals surface area contributed by atoms with Crippen molar-refractivity contribution in [2.24, 2.45) is 10.8 Å². The molecule has 2 aliphatic carbocycles. The number of epoxide rings is 1. The van der Waals surface area contributed by atoms with Crippen LogP contribution in [0.25, 0.3) is 0 Å². The highest BCUT2D eigenvalue weighted by molar-refractivity contribution is 5.34. The molecule has 0 unspecified atom stereocenters. The first-order valence-electron chi connectivity index (χ1n) is 7.37. The first-order valence-corrected chi connectivity index (χ1v) is 7.37. The predicted octanol–water partition coefficient (Wildman–Crippen LogP) is -0.0167. The minimum atomic E-state index is -0.953. The molecular formula is C15H22O5. The van der Waals surface area contributed by atoms with Crippen molar-refractivity contribution in [1.29, 1.82) is 0 Å². The van der Waals surface area contributed by atoms with Crippen molar-refractivity contribution < 1.29 is 24.8 Å². The van der Waals surface area contributed by atoms with E-state index in [1.165, 1.54) is 5.57 Å². The van der Waals surface area contributed by atoms with Crippen LogP contribution >= 0.6 is 0 Å². The summed E-state index contributed by atoms with van der Waals surface area (Å²) in [5, 5.41) is 31.2. The summed E-state index contributed by atoms with van der Waals surface area (Å²) >= 11 is 0. The van der Waals surface area contributed by atoms with Gasteiger partial charge in [-0.05, 0) is 19.8 Å². The quantitative estimate of drug-likeness (QED) is 0.465. The smallest absolute Gasteiger partial charge is 0.129 e. The van der Waals surface area contributed by atoms with E-state index in [2.05, 4.69) is 6.92 Å². The molecule has 1 saturated carbocycles. The van der Waals surface area contributed by atoms with Gasteiger partial charge in [-0.25, -0.2) is 0 Å². The summed E-state index contributed by atoms with van der Waals surface area (Å²) in [4.78, 5) is 0. The second-order valence-corrected chi connectivity index (χ2v) is 7.12. The van der Waals surface area contributed by atoms with Crippen LogP contribution in [0.15, 0.2) is 11.6 Å². The zero-order valence-electron chi connectivity index (χ0n) is 11.9. The lowest BCUT2D eigenvalue weighted by molar-refractivity contribution is -0.226. The van der Waals surface area contributed by atoms with Gasteiger partial charge in [0.2, 0.25) is 0 Å². The average molecular weight is 282 g/mol. The van der Waals surface area contributed by atoms with Gasteiger partial charge in [0.1, 0.15) is 17.8 Å². The van der Waals surface area contributed by atoms with Crippen LogP contribution in [0.2, 0.25) is 0 Å². The highest BCUT2D eigenvalue weighted by Gasteiger charge is 2.84. The van der Waals surface area contributed by atoms with Crippen LogP contribution in [0.1, 0.15) is 26.7 Å². The van der Waals surface area contributed by atoms with Crippen molar-refractivity contribution in [2.45, 2.75) is 56.7 Å². The number of ether oxygens (including phenoxy) is 2. The topological polar surface area (TPSA) is 82.5 Å². The average Bonchev–Trinajstić information content (AvgIpc) is 3.21. The van der Waals surface area contributed by atoms with Crippen LogP contribution in [0, 0.1) is 10.8 Å². The van der Waals surface area contributed by atoms with E-state index < -0.39 is 34.7 Å². The first-order chi connectivity index (χ1) is 9.43. The highest BCUT2D eigenvalue weighted by Crippen LogP contribution is 2.71. The second kappa shape index (κ2) is 3.65. The molecule has 0 aromatic heterocycles. The van der Waals surface area contributed by atoms with E-state index in [4.69, 9.17) is 9.47 Å². The summed E-state index contributed by atoms with van der Waals surface area (Å²) in [5.41, 5.74) is -0.668. The van der Waals surface area contributed by atoms with Crippen molar-refractivity contribution in [3.63, 3.8) is 0 Å². The van der Waals surface area contributed by atoms with E-state index in [9.17, 15) is 15.3 Å². The number of hydrogen-bond donors (Lipinski definition) is 3. The van der Waals surface area contributed by atoms with Gasteiger partial charge in [-0.2, -0.15) is 0 Å². The molecule has 2 aliphatic heterocycles. The molecule has 5 nitrogen and oxygen atoms in total. The third-order valence-corrected chi connectivity index (χ3v) is 6.57. The van der Waals surface area contributed by atoms with E-state index in [0.717, 1.165) is 12.8 Å². The SMILES string of the molecule is CC1=C[C@H]2O[C@@H]3[C@H](O)[C@@H](O)[C@](C)([C@@]2(CO)CC1)[C@@]31CO1. The number of allylic oxidation sites excluding steroid dienone is 1. The largest absolute Gasteiger partial charge is 0.396 e. The molecule has 4 rings (SSSR count). The lowest BCUT2D eigenvalue weighted by Crippen LogP contribution is -2.66. The second-order valence-electron chi connectivity index (χ2n) is 7.12. The van der Waals surface area contributed by atoms with Gasteiger partial charge >= 0.3 is 0 Å². The van der Waals surface area contributed by atoms with Gasteiger partial charge < -0.3 is 24.8 Å². The molecule has 2 heterocycles. The molecular weight excluding hydrogens is 260 g/mol. The van der Waals surface area contributed by atoms with E-state index in [1.807, 2.05) is 13.0 Å². The lowest BCUT2D eigenvalue weighted by Gasteiger charge is -2.57. The molecule has 0 amide bonds. The van der Waals surface area contributed by atoms with Crippen LogP contribution < -0.4 is 0 Å². The third-order valence-electron chi connectivity index (χ3n) is 6.57. The normalized spacial score (nSPS) is 60.4. The lowest BCUT2D eigenvalue weighted by atomic mass is 9.51. The summed E-state index contributed by atoms with van der Waals surface area (Å²) in [5.74, 6) is 0. The zero-order valence-corrected chi connectivity index (χ0v) is 11.9. The van der Waals surface area contributed by atoms with Gasteiger partial charge in [0, 0.05) is 10.8 Å². The fraction of sp³-hybridized carbons (Fsp3) is 0.867. The van der Waals surface area contributed by atoms with E-state index in [0.29, 0.717) is 6.61 Å². The van der Waals surface area contributed by atoms with Crippen molar-refractivity contribution in [3.8, 4) is 0 Å². The van der Waals surface area contributed by atoms with Crippen LogP contribution in [-0.4, -0.2) is 58.6 Å². The predicted molar refractivity (Wildman–Crippen MR) is 70.0 cm³/mol. The number of hydrogen-bond acceptors (Lipinski definition) is 5. The zero-order chi connectivity index (χ0) is 14.3. The number of aliphatic hydroxyl groups excluding tert-OH is 3. The van der Waals surface area contributed by atoms with Crippen LogP contribution in [0.5, 0.6) is 0 Å². The fourth-order valence-corrected chi connectivity index (χ4v) is 5.06. The van der Waals surface area contributed by atoms with Crippen LogP contribution in [-0.2, 0) is 9.47 Å². The summed E-state index contributed by atoms with van der Waals surface area (Å²) in [7, 11) is 0. The maximum Gasteiger partial charge on any atom is 0.129 e. The minimum absolute atomic E-state index is 0.0699. The Morgan fingerprint density at radius 3 is 2.70 bits per heavy atom. The van der Waals surface area contributed by atoms with Gasteiger partial charge in [-0.15, -0.1) is 0 Å². The van der Waals surface area contributed by atoms with Gasteiger partial charge in [0.05, 0.1) is 25.4 Å². The minimum Gasteiger partial charge on any atom is -0.396 e. The molecule has 1 spiro atoms. The van der Waals surface area contributed by atoms with E-state index in [1.54, 1.807) is 0 Å². The Kier molecular flexibility index (Phi) is 2.41. The first kappa shape index (κ1) is 13.2. The van der Waals surface area contributed by atoms with Gasteiger partial charge in [-0.3, -0.25) is 0 Å². The van der Waals surface area contributed by atoms with Gasteiger partial charge in [-0.1, -0.05) is 18.6 Å². The molecule has 0 radical (unpaired) electrons. The Morgan fingerprint density at radius 1 is 1.40 bits per heavy atom. The van der Waals surface area contributed by atoms with E-state index in [-0.39, 0.29) is 12.7 Å². The summed E-state index contributed by atoms with van der Waals surface area (Å²) in [6.07, 6.45) is 1.01. The van der Waals surface area contributed by atoms with Crippen LogP contribution in [0.4, 0.5) is 0 Å². The molecule has 112 valence electrons. The van der Waals surface area contributed by atoms with Crippen molar-refractivity contribution in [3.05, 3.63) is 11.6 Å². The van der Waals surface area contributed by atoms with Crippen molar-refractivity contribution in [1.82, 2.24) is 0 Å². The maximum atomic E-state index is 10.7. The summed E-state index contributed by atoms with van der Waals surface area (Å²) in [6, 6.07) is 0. The fourth-order valence-electron chi connectivity index (χ4n) is 5.06. The number of rotatable bonds is 1. The Balaban J connectivity index is 1.91. The molecule has 20 heavy (non-hydrogen) atoms. The Bertz CT molecular complexity index is 485. The molecule has 4 aliphatic rings. The molecule has 3 fully saturated rings. The molecule has 2 saturated heterocycles.